The van der Waals surface area contributed by atoms with Gasteiger partial charge in [0.1, 0.15) is 0 Å². The van der Waals surface area contributed by atoms with Crippen molar-refractivity contribution in [2.24, 2.45) is 0 Å². The Balaban J connectivity index is 1.71. The van der Waals surface area contributed by atoms with Gasteiger partial charge in [0.2, 0.25) is 11.8 Å². The number of rotatable bonds is 7. The minimum atomic E-state index is -0.150. The monoisotopic (exact) mass is 302 g/mol. The van der Waals surface area contributed by atoms with Gasteiger partial charge < -0.3 is 10.2 Å². The quantitative estimate of drug-likeness (QED) is 0.781. The first-order valence-corrected chi connectivity index (χ1v) is 7.71. The highest BCUT2D eigenvalue weighted by molar-refractivity contribution is 5.97. The molecule has 2 amide bonds. The first-order valence-electron chi connectivity index (χ1n) is 7.71. The molecule has 1 N–H and O–H groups in total. The van der Waals surface area contributed by atoms with Crippen molar-refractivity contribution in [3.8, 4) is 0 Å². The van der Waals surface area contributed by atoms with Gasteiger partial charge in [-0.1, -0.05) is 30.3 Å². The van der Waals surface area contributed by atoms with Crippen LogP contribution in [0, 0.1) is 0 Å². The van der Waals surface area contributed by atoms with Crippen molar-refractivity contribution in [1.29, 1.82) is 0 Å². The van der Waals surface area contributed by atoms with Crippen LogP contribution in [0.15, 0.2) is 30.3 Å². The second kappa shape index (κ2) is 7.73. The van der Waals surface area contributed by atoms with Crippen molar-refractivity contribution in [2.45, 2.75) is 38.6 Å². The van der Waals surface area contributed by atoms with E-state index < -0.39 is 0 Å². The van der Waals surface area contributed by atoms with Gasteiger partial charge in [0.05, 0.1) is 0 Å². The maximum absolute atomic E-state index is 11.9. The number of carbonyl (C=O) groups is 3. The second-order valence-electron chi connectivity index (χ2n) is 5.70. The number of amides is 2. The van der Waals surface area contributed by atoms with E-state index in [2.05, 4.69) is 5.32 Å². The molecule has 22 heavy (non-hydrogen) atoms. The summed E-state index contributed by atoms with van der Waals surface area (Å²) in [7, 11) is 0. The predicted octanol–water partition coefficient (Wildman–Crippen LogP) is 1.78. The number of Topliss-reactive ketones (excluding diaryl/α,β-unsaturated/α-hetero) is 1. The lowest BCUT2D eigenvalue weighted by Gasteiger charge is -2.21. The SMILES string of the molecule is CC(CN1CCCC1=O)NC(=O)CCC(=O)c1ccccc1. The molecule has 0 bridgehead atoms. The summed E-state index contributed by atoms with van der Waals surface area (Å²) < 4.78 is 0. The molecule has 1 aromatic rings. The lowest BCUT2D eigenvalue weighted by atomic mass is 10.1. The Kier molecular flexibility index (Phi) is 5.69. The first-order chi connectivity index (χ1) is 10.6. The summed E-state index contributed by atoms with van der Waals surface area (Å²) in [6.45, 7) is 3.19. The molecular weight excluding hydrogens is 280 g/mol. The van der Waals surface area contributed by atoms with Crippen LogP contribution in [0.5, 0.6) is 0 Å². The van der Waals surface area contributed by atoms with Crippen LogP contribution < -0.4 is 5.32 Å². The fourth-order valence-corrected chi connectivity index (χ4v) is 2.62. The minimum Gasteiger partial charge on any atom is -0.352 e. The topological polar surface area (TPSA) is 66.5 Å². The Morgan fingerprint density at radius 2 is 1.95 bits per heavy atom. The van der Waals surface area contributed by atoms with Crippen LogP contribution in [0.3, 0.4) is 0 Å². The Morgan fingerprint density at radius 3 is 2.59 bits per heavy atom. The van der Waals surface area contributed by atoms with E-state index in [-0.39, 0.29) is 36.5 Å². The van der Waals surface area contributed by atoms with Crippen molar-refractivity contribution in [2.75, 3.05) is 13.1 Å². The number of ketones is 1. The maximum atomic E-state index is 11.9. The third-order valence-electron chi connectivity index (χ3n) is 3.75. The van der Waals surface area contributed by atoms with E-state index >= 15 is 0 Å². The molecule has 0 aromatic heterocycles. The second-order valence-corrected chi connectivity index (χ2v) is 5.70. The highest BCUT2D eigenvalue weighted by Crippen LogP contribution is 2.10. The average Bonchev–Trinajstić information content (AvgIpc) is 2.90. The van der Waals surface area contributed by atoms with Gasteiger partial charge in [0, 0.05) is 44.0 Å². The zero-order valence-electron chi connectivity index (χ0n) is 12.9. The van der Waals surface area contributed by atoms with Crippen molar-refractivity contribution in [3.63, 3.8) is 0 Å². The van der Waals surface area contributed by atoms with Crippen molar-refractivity contribution in [1.82, 2.24) is 10.2 Å². The van der Waals surface area contributed by atoms with Crippen LogP contribution in [0.4, 0.5) is 0 Å². The molecule has 5 heteroatoms. The summed E-state index contributed by atoms with van der Waals surface area (Å²) >= 11 is 0. The molecule has 5 nitrogen and oxygen atoms in total. The lowest BCUT2D eigenvalue weighted by Crippen LogP contribution is -2.42. The summed E-state index contributed by atoms with van der Waals surface area (Å²) in [6.07, 6.45) is 1.87. The summed E-state index contributed by atoms with van der Waals surface area (Å²) in [5.41, 5.74) is 0.631. The van der Waals surface area contributed by atoms with Crippen LogP contribution in [-0.2, 0) is 9.59 Å². The molecule has 2 rings (SSSR count). The molecule has 0 aliphatic carbocycles. The number of carbonyl (C=O) groups excluding carboxylic acids is 3. The van der Waals surface area contributed by atoms with E-state index in [1.807, 2.05) is 25.1 Å². The van der Waals surface area contributed by atoms with Gasteiger partial charge in [0.15, 0.2) is 5.78 Å². The Morgan fingerprint density at radius 1 is 1.23 bits per heavy atom. The largest absolute Gasteiger partial charge is 0.352 e. The van der Waals surface area contributed by atoms with Gasteiger partial charge in [-0.2, -0.15) is 0 Å². The highest BCUT2D eigenvalue weighted by atomic mass is 16.2. The van der Waals surface area contributed by atoms with E-state index in [0.717, 1.165) is 13.0 Å². The molecule has 1 fully saturated rings. The van der Waals surface area contributed by atoms with Gasteiger partial charge >= 0.3 is 0 Å². The molecule has 0 radical (unpaired) electrons. The number of hydrogen-bond donors (Lipinski definition) is 1. The van der Waals surface area contributed by atoms with Crippen LogP contribution in [-0.4, -0.2) is 41.6 Å². The molecule has 1 atom stereocenters. The molecule has 0 spiro atoms. The Labute approximate surface area is 130 Å². The predicted molar refractivity (Wildman–Crippen MR) is 83.4 cm³/mol. The summed E-state index contributed by atoms with van der Waals surface area (Å²) in [4.78, 5) is 37.1. The normalized spacial score (nSPS) is 15.7. The van der Waals surface area contributed by atoms with Crippen LogP contribution in [0.1, 0.15) is 43.0 Å². The van der Waals surface area contributed by atoms with E-state index in [9.17, 15) is 14.4 Å². The molecule has 1 aliphatic heterocycles. The lowest BCUT2D eigenvalue weighted by molar-refractivity contribution is -0.129. The number of hydrogen-bond acceptors (Lipinski definition) is 3. The third-order valence-corrected chi connectivity index (χ3v) is 3.75. The van der Waals surface area contributed by atoms with Crippen molar-refractivity contribution < 1.29 is 14.4 Å². The van der Waals surface area contributed by atoms with Crippen molar-refractivity contribution in [3.05, 3.63) is 35.9 Å². The van der Waals surface area contributed by atoms with Gasteiger partial charge in [-0.25, -0.2) is 0 Å². The third kappa shape index (κ3) is 4.69. The summed E-state index contributed by atoms with van der Waals surface area (Å²) in [5.74, 6) is -0.0260. The number of nitrogens with one attached hydrogen (secondary N) is 1. The van der Waals surface area contributed by atoms with Crippen LogP contribution in [0.2, 0.25) is 0 Å². The molecule has 118 valence electrons. The molecule has 1 saturated heterocycles. The average molecular weight is 302 g/mol. The fourth-order valence-electron chi connectivity index (χ4n) is 2.62. The number of benzene rings is 1. The maximum Gasteiger partial charge on any atom is 0.222 e. The van der Waals surface area contributed by atoms with E-state index in [1.54, 1.807) is 17.0 Å². The summed E-state index contributed by atoms with van der Waals surface area (Å²) in [5, 5.41) is 2.85. The molecule has 1 aromatic carbocycles. The van der Waals surface area contributed by atoms with Crippen LogP contribution >= 0.6 is 0 Å². The molecule has 1 unspecified atom stereocenters. The fraction of sp³-hybridized carbons (Fsp3) is 0.471. The van der Waals surface area contributed by atoms with Gasteiger partial charge in [-0.15, -0.1) is 0 Å². The molecule has 1 aliphatic rings. The minimum absolute atomic E-state index is 0.0295. The van der Waals surface area contributed by atoms with Gasteiger partial charge in [-0.05, 0) is 13.3 Å². The van der Waals surface area contributed by atoms with E-state index in [0.29, 0.717) is 18.5 Å². The van der Waals surface area contributed by atoms with Crippen LogP contribution in [0.25, 0.3) is 0 Å². The van der Waals surface area contributed by atoms with Gasteiger partial charge in [-0.3, -0.25) is 14.4 Å². The zero-order valence-corrected chi connectivity index (χ0v) is 12.9. The highest BCUT2D eigenvalue weighted by Gasteiger charge is 2.22. The first kappa shape index (κ1) is 16.2. The molecule has 1 heterocycles. The van der Waals surface area contributed by atoms with E-state index in [1.165, 1.54) is 0 Å². The Hall–Kier alpha value is -2.17. The standard InChI is InChI=1S/C17H22N2O3/c1-13(12-19-11-5-8-17(19)22)18-16(21)10-9-15(20)14-6-3-2-4-7-14/h2-4,6-7,13H,5,8-12H2,1H3,(H,18,21). The van der Waals surface area contributed by atoms with Crippen molar-refractivity contribution >= 4 is 17.6 Å². The molecular formula is C17H22N2O3. The summed E-state index contributed by atoms with van der Waals surface area (Å²) in [6, 6.07) is 8.88. The molecule has 0 saturated carbocycles. The van der Waals surface area contributed by atoms with Gasteiger partial charge in [0.25, 0.3) is 0 Å². The van der Waals surface area contributed by atoms with E-state index in [4.69, 9.17) is 0 Å². The number of likely N-dealkylation sites (tertiary alicyclic amines) is 1. The smallest absolute Gasteiger partial charge is 0.222 e. The number of nitrogens with zero attached hydrogens (tertiary/aromatic N) is 1. The Bertz CT molecular complexity index is 542. The zero-order chi connectivity index (χ0) is 15.9.